The highest BCUT2D eigenvalue weighted by molar-refractivity contribution is 6.06. The van der Waals surface area contributed by atoms with Crippen LogP contribution >= 0.6 is 0 Å². The third kappa shape index (κ3) is 4.92. The minimum Gasteiger partial charge on any atom is -0.497 e. The summed E-state index contributed by atoms with van der Waals surface area (Å²) in [4.78, 5) is 5.08. The zero-order valence-corrected chi connectivity index (χ0v) is 20.5. The van der Waals surface area contributed by atoms with Gasteiger partial charge in [0.15, 0.2) is 0 Å². The van der Waals surface area contributed by atoms with E-state index in [1.165, 1.54) is 5.56 Å². The summed E-state index contributed by atoms with van der Waals surface area (Å²) in [6.45, 7) is 1.50. The van der Waals surface area contributed by atoms with E-state index in [1.54, 1.807) is 7.11 Å². The molecule has 6 aromatic rings. The molecule has 0 bridgehead atoms. The predicted octanol–water partition coefficient (Wildman–Crippen LogP) is 6.42. The molecule has 4 aromatic carbocycles. The lowest BCUT2D eigenvalue weighted by molar-refractivity contribution is 0.105. The summed E-state index contributed by atoms with van der Waals surface area (Å²) in [7, 11) is 1.67. The van der Waals surface area contributed by atoms with E-state index in [0.717, 1.165) is 49.9 Å². The molecule has 0 unspecified atom stereocenters. The van der Waals surface area contributed by atoms with Crippen LogP contribution in [0, 0.1) is 0 Å². The highest BCUT2D eigenvalue weighted by Crippen LogP contribution is 2.31. The Kier molecular flexibility index (Phi) is 6.31. The van der Waals surface area contributed by atoms with E-state index < -0.39 is 0 Å². The van der Waals surface area contributed by atoms with Gasteiger partial charge in [0.1, 0.15) is 11.4 Å². The van der Waals surface area contributed by atoms with Crippen molar-refractivity contribution in [1.82, 2.24) is 20.0 Å². The van der Waals surface area contributed by atoms with Gasteiger partial charge in [-0.25, -0.2) is 9.67 Å². The third-order valence-corrected chi connectivity index (χ3v) is 6.46. The number of hydrogen-bond acceptors (Lipinski definition) is 5. The first-order valence-electron chi connectivity index (χ1n) is 12.2. The van der Waals surface area contributed by atoms with Crippen LogP contribution in [-0.4, -0.2) is 27.1 Å². The van der Waals surface area contributed by atoms with Crippen molar-refractivity contribution in [1.29, 1.82) is 0 Å². The molecule has 0 spiro atoms. The molecule has 6 rings (SSSR count). The van der Waals surface area contributed by atoms with Gasteiger partial charge in [0.25, 0.3) is 0 Å². The monoisotopic (exact) mass is 486 g/mol. The lowest BCUT2D eigenvalue weighted by Crippen LogP contribution is -2.00. The second kappa shape index (κ2) is 10.2. The Bertz CT molecular complexity index is 1660. The molecule has 0 saturated carbocycles. The number of benzene rings is 4. The van der Waals surface area contributed by atoms with Gasteiger partial charge >= 0.3 is 0 Å². The Hall–Kier alpha value is -4.55. The fourth-order valence-corrected chi connectivity index (χ4v) is 4.58. The van der Waals surface area contributed by atoms with Crippen molar-refractivity contribution in [2.24, 2.45) is 0 Å². The van der Waals surface area contributed by atoms with Gasteiger partial charge in [-0.1, -0.05) is 71.9 Å². The molecule has 182 valence electrons. The number of fused-ring (bicyclic) bond motifs is 3. The van der Waals surface area contributed by atoms with Crippen molar-refractivity contribution in [2.45, 2.75) is 19.8 Å². The van der Waals surface area contributed by atoms with Gasteiger partial charge in [-0.3, -0.25) is 0 Å². The minimum absolute atomic E-state index is 0.379. The highest BCUT2D eigenvalue weighted by atomic mass is 16.5. The Morgan fingerprint density at radius 2 is 1.59 bits per heavy atom. The van der Waals surface area contributed by atoms with Crippen molar-refractivity contribution in [3.63, 3.8) is 0 Å². The molecule has 0 aliphatic heterocycles. The molecular formula is C31H26N4O2. The molecule has 0 radical (unpaired) electrons. The van der Waals surface area contributed by atoms with Crippen molar-refractivity contribution < 1.29 is 9.47 Å². The maximum Gasteiger partial charge on any atom is 0.118 e. The standard InChI is InChI=1S/C31H26N4O2/c1-36-27-14-11-24(12-15-27)30-17-25(29-16-13-23-9-5-6-10-28(23)31(29)32-30)20-37-21-26-19-35(34-33-26)18-22-7-3-2-4-8-22/h2-17,19H,18,20-21H2,1H3. The summed E-state index contributed by atoms with van der Waals surface area (Å²) < 4.78 is 13.3. The van der Waals surface area contributed by atoms with Crippen LogP contribution in [0.4, 0.5) is 0 Å². The molecule has 37 heavy (non-hydrogen) atoms. The number of nitrogens with zero attached hydrogens (tertiary/aromatic N) is 4. The second-order valence-electron chi connectivity index (χ2n) is 8.96. The maximum absolute atomic E-state index is 6.15. The topological polar surface area (TPSA) is 62.1 Å². The molecule has 0 fully saturated rings. The smallest absolute Gasteiger partial charge is 0.118 e. The fraction of sp³-hybridized carbons (Fsp3) is 0.129. The average molecular weight is 487 g/mol. The third-order valence-electron chi connectivity index (χ3n) is 6.46. The van der Waals surface area contributed by atoms with Crippen LogP contribution < -0.4 is 4.74 Å². The SMILES string of the molecule is COc1ccc(-c2cc(COCc3cn(Cc4ccccc4)nn3)c3ccc4ccccc4c3n2)cc1. The van der Waals surface area contributed by atoms with Crippen LogP contribution in [0.3, 0.4) is 0 Å². The van der Waals surface area contributed by atoms with Crippen molar-refractivity contribution in [2.75, 3.05) is 7.11 Å². The van der Waals surface area contributed by atoms with E-state index in [1.807, 2.05) is 53.3 Å². The quantitative estimate of drug-likeness (QED) is 0.232. The fourth-order valence-electron chi connectivity index (χ4n) is 4.58. The molecule has 0 aliphatic rings. The second-order valence-corrected chi connectivity index (χ2v) is 8.96. The summed E-state index contributed by atoms with van der Waals surface area (Å²) in [6, 6.07) is 33.0. The summed E-state index contributed by atoms with van der Waals surface area (Å²) in [6.07, 6.45) is 1.94. The van der Waals surface area contributed by atoms with Crippen LogP contribution in [-0.2, 0) is 24.5 Å². The van der Waals surface area contributed by atoms with Gasteiger partial charge in [-0.2, -0.15) is 0 Å². The Labute approximate surface area is 215 Å². The summed E-state index contributed by atoms with van der Waals surface area (Å²) >= 11 is 0. The average Bonchev–Trinajstić information content (AvgIpc) is 3.40. The number of pyridine rings is 1. The number of methoxy groups -OCH3 is 1. The highest BCUT2D eigenvalue weighted by Gasteiger charge is 2.12. The first-order chi connectivity index (χ1) is 18.3. The van der Waals surface area contributed by atoms with Gasteiger partial charge < -0.3 is 9.47 Å². The van der Waals surface area contributed by atoms with Gasteiger partial charge in [0.05, 0.1) is 44.3 Å². The van der Waals surface area contributed by atoms with E-state index in [2.05, 4.69) is 64.9 Å². The number of aromatic nitrogens is 4. The molecule has 2 aromatic heterocycles. The molecule has 6 heteroatoms. The lowest BCUT2D eigenvalue weighted by Gasteiger charge is -2.12. The maximum atomic E-state index is 6.15. The first-order valence-corrected chi connectivity index (χ1v) is 12.2. The van der Waals surface area contributed by atoms with Gasteiger partial charge in [-0.15, -0.1) is 5.10 Å². The van der Waals surface area contributed by atoms with E-state index in [4.69, 9.17) is 14.5 Å². The zero-order valence-electron chi connectivity index (χ0n) is 20.5. The van der Waals surface area contributed by atoms with E-state index in [9.17, 15) is 0 Å². The minimum atomic E-state index is 0.379. The predicted molar refractivity (Wildman–Crippen MR) is 145 cm³/mol. The van der Waals surface area contributed by atoms with Crippen LogP contribution in [0.5, 0.6) is 5.75 Å². The van der Waals surface area contributed by atoms with Gasteiger partial charge in [0.2, 0.25) is 0 Å². The molecular weight excluding hydrogens is 460 g/mol. The summed E-state index contributed by atoms with van der Waals surface area (Å²) in [5, 5.41) is 11.9. The van der Waals surface area contributed by atoms with Crippen molar-refractivity contribution >= 4 is 21.7 Å². The number of rotatable bonds is 8. The molecule has 0 aliphatic carbocycles. The van der Waals surface area contributed by atoms with Gasteiger partial charge in [-0.05, 0) is 46.8 Å². The first kappa shape index (κ1) is 22.9. The Morgan fingerprint density at radius 1 is 0.784 bits per heavy atom. The van der Waals surface area contributed by atoms with E-state index in [0.29, 0.717) is 19.8 Å². The van der Waals surface area contributed by atoms with Crippen LogP contribution in [0.25, 0.3) is 32.9 Å². The van der Waals surface area contributed by atoms with Gasteiger partial charge in [0, 0.05) is 16.3 Å². The van der Waals surface area contributed by atoms with E-state index in [-0.39, 0.29) is 0 Å². The molecule has 2 heterocycles. The molecule has 0 saturated heterocycles. The molecule has 0 atom stereocenters. The zero-order chi connectivity index (χ0) is 25.0. The summed E-state index contributed by atoms with van der Waals surface area (Å²) in [5.41, 5.74) is 5.97. The Morgan fingerprint density at radius 3 is 2.43 bits per heavy atom. The normalized spacial score (nSPS) is 11.3. The number of ether oxygens (including phenoxy) is 2. The van der Waals surface area contributed by atoms with Crippen LogP contribution in [0.15, 0.2) is 103 Å². The van der Waals surface area contributed by atoms with Crippen molar-refractivity contribution in [3.05, 3.63) is 120 Å². The lowest BCUT2D eigenvalue weighted by atomic mass is 10.0. The summed E-state index contributed by atoms with van der Waals surface area (Å²) in [5.74, 6) is 0.818. The largest absolute Gasteiger partial charge is 0.497 e. The van der Waals surface area contributed by atoms with Crippen LogP contribution in [0.1, 0.15) is 16.8 Å². The van der Waals surface area contributed by atoms with E-state index >= 15 is 0 Å². The number of hydrogen-bond donors (Lipinski definition) is 0. The molecule has 0 N–H and O–H groups in total. The molecule has 6 nitrogen and oxygen atoms in total. The van der Waals surface area contributed by atoms with Crippen molar-refractivity contribution in [3.8, 4) is 17.0 Å². The van der Waals surface area contributed by atoms with Crippen LogP contribution in [0.2, 0.25) is 0 Å². The molecule has 0 amide bonds. The Balaban J connectivity index is 1.28.